The number of rotatable bonds is 1. The van der Waals surface area contributed by atoms with Crippen LogP contribution >= 0.6 is 11.6 Å². The van der Waals surface area contributed by atoms with Gasteiger partial charge in [-0.2, -0.15) is 5.10 Å². The maximum absolute atomic E-state index is 6.40. The van der Waals surface area contributed by atoms with Crippen LogP contribution in [-0.4, -0.2) is 38.1 Å². The molecule has 0 fully saturated rings. The lowest BCUT2D eigenvalue weighted by Crippen LogP contribution is -2.28. The van der Waals surface area contributed by atoms with Gasteiger partial charge in [0, 0.05) is 10.6 Å². The Hall–Kier alpha value is -0.895. The van der Waals surface area contributed by atoms with Crippen molar-refractivity contribution in [3.8, 4) is 0 Å². The topological polar surface area (TPSA) is 30.2 Å². The maximum Gasteiger partial charge on any atom is 0.191 e. The Morgan fingerprint density at radius 1 is 1.25 bits per heavy atom. The van der Waals surface area contributed by atoms with E-state index in [1.807, 2.05) is 28.1 Å². The molecule has 0 aliphatic rings. The average Bonchev–Trinajstić information content (AvgIpc) is 2.57. The van der Waals surface area contributed by atoms with Crippen molar-refractivity contribution >= 4 is 57.6 Å². The van der Waals surface area contributed by atoms with E-state index in [1.165, 1.54) is 0 Å². The molecular weight excluding hydrogens is 218 g/mol. The Morgan fingerprint density at radius 2 is 1.88 bits per heavy atom. The van der Waals surface area contributed by atoms with E-state index in [0.29, 0.717) is 5.92 Å². The Morgan fingerprint density at radius 3 is 2.44 bits per heavy atom. The third-order valence-corrected chi connectivity index (χ3v) is 3.39. The van der Waals surface area contributed by atoms with Gasteiger partial charge in [-0.05, 0) is 16.9 Å². The molecule has 2 aromatic rings. The molecule has 0 saturated heterocycles. The molecule has 0 aromatic carbocycles. The maximum atomic E-state index is 6.40. The molecule has 16 heavy (non-hydrogen) atoms. The fourth-order valence-electron chi connectivity index (χ4n) is 2.14. The van der Waals surface area contributed by atoms with Crippen LogP contribution in [0.1, 0.15) is 25.3 Å². The molecule has 0 spiro atoms. The summed E-state index contributed by atoms with van der Waals surface area (Å²) in [4.78, 5) is 4.40. The first kappa shape index (κ1) is 11.6. The molecule has 7 heteroatoms. The Kier molecular flexibility index (Phi) is 2.78. The summed E-state index contributed by atoms with van der Waals surface area (Å²) >= 11 is 6.40. The van der Waals surface area contributed by atoms with E-state index in [1.54, 1.807) is 0 Å². The number of hydrogen-bond donors (Lipinski definition) is 0. The van der Waals surface area contributed by atoms with E-state index in [0.717, 1.165) is 33.0 Å². The number of pyridine rings is 1. The van der Waals surface area contributed by atoms with E-state index in [4.69, 9.17) is 11.6 Å². The fourth-order valence-corrected chi connectivity index (χ4v) is 2.58. The van der Waals surface area contributed by atoms with Crippen LogP contribution in [0.2, 0.25) is 5.02 Å². The highest BCUT2D eigenvalue weighted by Crippen LogP contribution is 2.20. The summed E-state index contributed by atoms with van der Waals surface area (Å²) in [6.45, 7) is 4.28. The van der Waals surface area contributed by atoms with Crippen molar-refractivity contribution in [2.24, 2.45) is 0 Å². The third-order valence-electron chi connectivity index (χ3n) is 2.90. The van der Waals surface area contributed by atoms with Crippen LogP contribution < -0.4 is 16.8 Å². The van der Waals surface area contributed by atoms with E-state index < -0.39 is 0 Å². The van der Waals surface area contributed by atoms with Gasteiger partial charge >= 0.3 is 0 Å². The minimum absolute atomic E-state index is 0.389. The standard InChI is InChI=1S/C9H13B3ClN3/c1-3(2)4-6(13)5(10)8-14-9(12)15-16(8)7(4)11/h3H,10-12H2,1-2H3. The van der Waals surface area contributed by atoms with Gasteiger partial charge in [-0.25, -0.2) is 9.50 Å². The van der Waals surface area contributed by atoms with Crippen LogP contribution in [0.5, 0.6) is 0 Å². The van der Waals surface area contributed by atoms with Crippen molar-refractivity contribution in [3.05, 3.63) is 10.6 Å². The van der Waals surface area contributed by atoms with E-state index >= 15 is 0 Å². The summed E-state index contributed by atoms with van der Waals surface area (Å²) in [5.41, 5.74) is 4.90. The number of hydrogen-bond acceptors (Lipinski definition) is 2. The van der Waals surface area contributed by atoms with Crippen molar-refractivity contribution in [3.63, 3.8) is 0 Å². The molecule has 0 amide bonds. The summed E-state index contributed by atoms with van der Waals surface area (Å²) < 4.78 is 1.89. The molecule has 0 atom stereocenters. The molecule has 0 aliphatic carbocycles. The van der Waals surface area contributed by atoms with Gasteiger partial charge in [-0.15, -0.1) is 0 Å². The summed E-state index contributed by atoms with van der Waals surface area (Å²) in [6.07, 6.45) is 0. The summed E-state index contributed by atoms with van der Waals surface area (Å²) in [5, 5.41) is 5.23. The molecule has 3 nitrogen and oxygen atoms in total. The zero-order chi connectivity index (χ0) is 12.0. The lowest BCUT2D eigenvalue weighted by molar-refractivity contribution is 0.856. The van der Waals surface area contributed by atoms with Gasteiger partial charge in [-0.1, -0.05) is 25.4 Å². The summed E-state index contributed by atoms with van der Waals surface area (Å²) in [6, 6.07) is 0. The number of aromatic nitrogens is 3. The summed E-state index contributed by atoms with van der Waals surface area (Å²) in [5.74, 6) is 0.389. The molecule has 2 heterocycles. The third kappa shape index (κ3) is 1.56. The normalized spacial score (nSPS) is 11.5. The minimum Gasteiger partial charge on any atom is -0.229 e. The SMILES string of the molecule is Bc1nc2c(B)c(Cl)c(C(C)C)c(B)n2n1. The van der Waals surface area contributed by atoms with Crippen LogP contribution in [0, 0.1) is 0 Å². The van der Waals surface area contributed by atoms with Crippen LogP contribution in [0.15, 0.2) is 0 Å². The molecule has 0 saturated carbocycles. The van der Waals surface area contributed by atoms with E-state index in [9.17, 15) is 0 Å². The van der Waals surface area contributed by atoms with Crippen LogP contribution in [-0.2, 0) is 0 Å². The summed E-state index contributed by atoms with van der Waals surface area (Å²) in [7, 11) is 5.94. The molecule has 0 unspecified atom stereocenters. The Bertz CT molecular complexity index is 565. The second kappa shape index (κ2) is 3.84. The van der Waals surface area contributed by atoms with E-state index in [-0.39, 0.29) is 0 Å². The molecule has 2 aromatic heterocycles. The fraction of sp³-hybridized carbons (Fsp3) is 0.333. The molecule has 0 radical (unpaired) electrons. The van der Waals surface area contributed by atoms with Gasteiger partial charge in [0.05, 0.1) is 0 Å². The molecule has 0 aliphatic heterocycles. The second-order valence-electron chi connectivity index (χ2n) is 4.49. The monoisotopic (exact) mass is 231 g/mol. The molecule has 0 N–H and O–H groups in total. The van der Waals surface area contributed by atoms with Crippen LogP contribution in [0.25, 0.3) is 5.65 Å². The highest BCUT2D eigenvalue weighted by Gasteiger charge is 2.17. The van der Waals surface area contributed by atoms with Gasteiger partial charge in [0.25, 0.3) is 0 Å². The first-order valence-electron chi connectivity index (χ1n) is 5.45. The molecular formula is C9H13B3ClN3. The van der Waals surface area contributed by atoms with Gasteiger partial charge in [0.2, 0.25) is 0 Å². The van der Waals surface area contributed by atoms with Crippen molar-refractivity contribution in [2.45, 2.75) is 19.8 Å². The first-order chi connectivity index (χ1) is 7.43. The highest BCUT2D eigenvalue weighted by atomic mass is 35.5. The number of fused-ring (bicyclic) bond motifs is 1. The lowest BCUT2D eigenvalue weighted by Gasteiger charge is -2.16. The highest BCUT2D eigenvalue weighted by molar-refractivity contribution is 6.50. The van der Waals surface area contributed by atoms with Crippen LogP contribution in [0.3, 0.4) is 0 Å². The average molecular weight is 231 g/mol. The second-order valence-corrected chi connectivity index (χ2v) is 4.87. The quantitative estimate of drug-likeness (QED) is 0.499. The van der Waals surface area contributed by atoms with Gasteiger partial charge in [-0.3, -0.25) is 0 Å². The molecule has 0 bridgehead atoms. The van der Waals surface area contributed by atoms with E-state index in [2.05, 4.69) is 23.9 Å². The van der Waals surface area contributed by atoms with Crippen molar-refractivity contribution < 1.29 is 0 Å². The zero-order valence-electron chi connectivity index (χ0n) is 10.3. The largest absolute Gasteiger partial charge is 0.229 e. The first-order valence-corrected chi connectivity index (χ1v) is 5.83. The predicted molar refractivity (Wildman–Crippen MR) is 76.6 cm³/mol. The smallest absolute Gasteiger partial charge is 0.191 e. The van der Waals surface area contributed by atoms with Gasteiger partial charge in [0.15, 0.2) is 15.7 Å². The Labute approximate surface area is 103 Å². The number of nitrogens with zero attached hydrogens (tertiary/aromatic N) is 3. The van der Waals surface area contributed by atoms with Crippen molar-refractivity contribution in [1.82, 2.24) is 14.6 Å². The van der Waals surface area contributed by atoms with Crippen molar-refractivity contribution in [1.29, 1.82) is 0 Å². The number of halogens is 1. The predicted octanol–water partition coefficient (Wildman–Crippen LogP) is -2.72. The Balaban J connectivity index is 2.93. The molecule has 2 rings (SSSR count). The minimum atomic E-state index is 0.389. The van der Waals surface area contributed by atoms with Gasteiger partial charge in [0.1, 0.15) is 19.2 Å². The van der Waals surface area contributed by atoms with Crippen molar-refractivity contribution in [2.75, 3.05) is 0 Å². The molecule has 80 valence electrons. The lowest BCUT2D eigenvalue weighted by atomic mass is 9.85. The zero-order valence-corrected chi connectivity index (χ0v) is 11.1. The van der Waals surface area contributed by atoms with Crippen LogP contribution in [0.4, 0.5) is 0 Å². The van der Waals surface area contributed by atoms with Gasteiger partial charge < -0.3 is 0 Å².